The normalized spacial score (nSPS) is 11.1. The van der Waals surface area contributed by atoms with Crippen molar-refractivity contribution in [1.29, 1.82) is 0 Å². The van der Waals surface area contributed by atoms with Gasteiger partial charge in [0.2, 0.25) is 5.78 Å². The van der Waals surface area contributed by atoms with Crippen LogP contribution in [0, 0.1) is 6.92 Å². The summed E-state index contributed by atoms with van der Waals surface area (Å²) in [5.41, 5.74) is 0.373. The summed E-state index contributed by atoms with van der Waals surface area (Å²) in [6.45, 7) is 6.38. The van der Waals surface area contributed by atoms with Crippen LogP contribution in [0.1, 0.15) is 36.7 Å². The minimum atomic E-state index is -1.13. The van der Waals surface area contributed by atoms with Crippen LogP contribution in [0.3, 0.4) is 0 Å². The van der Waals surface area contributed by atoms with Gasteiger partial charge >= 0.3 is 5.97 Å². The molecule has 4 heteroatoms. The molecule has 3 nitrogen and oxygen atoms in total. The number of aryl methyl sites for hydroxylation is 1. The third kappa shape index (κ3) is 3.40. The van der Waals surface area contributed by atoms with Crippen molar-refractivity contribution in [2.45, 2.75) is 33.3 Å². The smallest absolute Gasteiger partial charge is 0.303 e. The maximum absolute atomic E-state index is 12.2. The average molecular weight is 299 g/mol. The molecule has 1 aromatic rings. The Bertz CT molecular complexity index is 464. The second kappa shape index (κ2) is 5.00. The molecule has 1 aromatic carbocycles. The Hall–Kier alpha value is -1.16. The first kappa shape index (κ1) is 13.9. The van der Waals surface area contributed by atoms with Gasteiger partial charge in [-0.25, -0.2) is 0 Å². The van der Waals surface area contributed by atoms with Gasteiger partial charge in [0.15, 0.2) is 5.60 Å². The number of esters is 1. The lowest BCUT2D eigenvalue weighted by atomic mass is 9.95. The molecule has 17 heavy (non-hydrogen) atoms. The van der Waals surface area contributed by atoms with Crippen molar-refractivity contribution >= 4 is 27.7 Å². The molecule has 0 aliphatic carbocycles. The number of halogens is 1. The van der Waals surface area contributed by atoms with E-state index < -0.39 is 11.6 Å². The maximum Gasteiger partial charge on any atom is 0.303 e. The number of ketones is 1. The van der Waals surface area contributed by atoms with E-state index in [1.165, 1.54) is 6.92 Å². The minimum Gasteiger partial charge on any atom is -0.451 e. The molecule has 0 aromatic heterocycles. The highest BCUT2D eigenvalue weighted by atomic mass is 79.9. The predicted molar refractivity (Wildman–Crippen MR) is 69.1 cm³/mol. The van der Waals surface area contributed by atoms with Gasteiger partial charge in [0, 0.05) is 17.0 Å². The van der Waals surface area contributed by atoms with Crippen LogP contribution in [0.25, 0.3) is 0 Å². The fourth-order valence-electron chi connectivity index (χ4n) is 1.54. The van der Waals surface area contributed by atoms with E-state index in [2.05, 4.69) is 15.9 Å². The Morgan fingerprint density at radius 1 is 1.29 bits per heavy atom. The molecule has 1 rings (SSSR count). The Balaban J connectivity index is 3.03. The third-order valence-electron chi connectivity index (χ3n) is 2.37. The van der Waals surface area contributed by atoms with Crippen LogP contribution in [0.15, 0.2) is 22.7 Å². The molecule has 0 N–H and O–H groups in total. The summed E-state index contributed by atoms with van der Waals surface area (Å²) in [6.07, 6.45) is 0. The number of ether oxygens (including phenoxy) is 1. The topological polar surface area (TPSA) is 43.4 Å². The van der Waals surface area contributed by atoms with E-state index in [1.807, 2.05) is 13.0 Å². The van der Waals surface area contributed by atoms with Crippen LogP contribution in [0.4, 0.5) is 0 Å². The Morgan fingerprint density at radius 3 is 2.35 bits per heavy atom. The molecule has 0 radical (unpaired) electrons. The van der Waals surface area contributed by atoms with E-state index >= 15 is 0 Å². The van der Waals surface area contributed by atoms with Crippen molar-refractivity contribution in [2.24, 2.45) is 0 Å². The first-order chi connectivity index (χ1) is 7.74. The molecule has 0 aliphatic rings. The van der Waals surface area contributed by atoms with Crippen LogP contribution in [0.5, 0.6) is 0 Å². The third-order valence-corrected chi connectivity index (χ3v) is 3.26. The minimum absolute atomic E-state index is 0.205. The molecule has 0 bridgehead atoms. The summed E-state index contributed by atoms with van der Waals surface area (Å²) < 4.78 is 5.97. The molecule has 0 saturated heterocycles. The second-order valence-corrected chi connectivity index (χ2v) is 5.25. The predicted octanol–water partition coefficient (Wildman–Crippen LogP) is 3.28. The van der Waals surface area contributed by atoms with E-state index in [1.54, 1.807) is 26.0 Å². The molecule has 0 unspecified atom stereocenters. The quantitative estimate of drug-likeness (QED) is 0.635. The molecule has 0 spiro atoms. The van der Waals surface area contributed by atoms with Gasteiger partial charge in [-0.05, 0) is 38.5 Å². The van der Waals surface area contributed by atoms with Crippen LogP contribution in [0.2, 0.25) is 0 Å². The molecule has 0 heterocycles. The van der Waals surface area contributed by atoms with Crippen LogP contribution >= 0.6 is 15.9 Å². The van der Waals surface area contributed by atoms with E-state index in [9.17, 15) is 9.59 Å². The van der Waals surface area contributed by atoms with Gasteiger partial charge in [0.1, 0.15) is 0 Å². The lowest BCUT2D eigenvalue weighted by Gasteiger charge is -2.23. The average Bonchev–Trinajstić information content (AvgIpc) is 2.19. The van der Waals surface area contributed by atoms with Crippen LogP contribution in [-0.4, -0.2) is 17.4 Å². The number of hydrogen-bond donors (Lipinski definition) is 0. The molecule has 92 valence electrons. The zero-order chi connectivity index (χ0) is 13.2. The largest absolute Gasteiger partial charge is 0.451 e. The number of carbonyl (C=O) groups is 2. The highest BCUT2D eigenvalue weighted by Gasteiger charge is 2.31. The van der Waals surface area contributed by atoms with Gasteiger partial charge in [-0.1, -0.05) is 22.0 Å². The number of benzene rings is 1. The van der Waals surface area contributed by atoms with Crippen molar-refractivity contribution in [3.05, 3.63) is 33.8 Å². The van der Waals surface area contributed by atoms with Gasteiger partial charge in [-0.3, -0.25) is 9.59 Å². The lowest BCUT2D eigenvalue weighted by Crippen LogP contribution is -2.36. The monoisotopic (exact) mass is 298 g/mol. The lowest BCUT2D eigenvalue weighted by molar-refractivity contribution is -0.149. The molecular weight excluding hydrogens is 284 g/mol. The summed E-state index contributed by atoms with van der Waals surface area (Å²) in [5.74, 6) is -0.666. The maximum atomic E-state index is 12.2. The second-order valence-electron chi connectivity index (χ2n) is 4.40. The summed E-state index contributed by atoms with van der Waals surface area (Å²) >= 11 is 3.37. The van der Waals surface area contributed by atoms with Gasteiger partial charge in [0.25, 0.3) is 0 Å². The Labute approximate surface area is 109 Å². The Kier molecular flexibility index (Phi) is 4.09. The van der Waals surface area contributed by atoms with Crippen molar-refractivity contribution < 1.29 is 14.3 Å². The molecule has 0 aliphatic heterocycles. The Morgan fingerprint density at radius 2 is 1.88 bits per heavy atom. The fraction of sp³-hybridized carbons (Fsp3) is 0.385. The summed E-state index contributed by atoms with van der Waals surface area (Å²) in [4.78, 5) is 23.1. The van der Waals surface area contributed by atoms with Crippen molar-refractivity contribution in [3.8, 4) is 0 Å². The van der Waals surface area contributed by atoms with Crippen molar-refractivity contribution in [3.63, 3.8) is 0 Å². The molecule has 0 saturated carbocycles. The van der Waals surface area contributed by atoms with E-state index in [0.29, 0.717) is 5.56 Å². The van der Waals surface area contributed by atoms with Crippen LogP contribution < -0.4 is 0 Å². The fourth-order valence-corrected chi connectivity index (χ4v) is 1.79. The molecule has 0 fully saturated rings. The van der Waals surface area contributed by atoms with E-state index in [4.69, 9.17) is 4.74 Å². The molecular formula is C13H15BrO3. The standard InChI is InChI=1S/C13H15BrO3/c1-8-7-10(5-6-11(8)14)12(16)13(3,4)17-9(2)15/h5-7H,1-4H3. The highest BCUT2D eigenvalue weighted by molar-refractivity contribution is 9.10. The first-order valence-corrected chi connectivity index (χ1v) is 6.04. The number of rotatable bonds is 3. The first-order valence-electron chi connectivity index (χ1n) is 5.24. The zero-order valence-corrected chi connectivity index (χ0v) is 11.9. The van der Waals surface area contributed by atoms with E-state index in [-0.39, 0.29) is 5.78 Å². The number of hydrogen-bond acceptors (Lipinski definition) is 3. The summed E-state index contributed by atoms with van der Waals surface area (Å²) in [7, 11) is 0. The van der Waals surface area contributed by atoms with Crippen molar-refractivity contribution in [2.75, 3.05) is 0 Å². The molecule has 0 atom stereocenters. The van der Waals surface area contributed by atoms with Gasteiger partial charge in [-0.15, -0.1) is 0 Å². The summed E-state index contributed by atoms with van der Waals surface area (Å²) in [6, 6.07) is 5.30. The van der Waals surface area contributed by atoms with Gasteiger partial charge in [0.05, 0.1) is 0 Å². The van der Waals surface area contributed by atoms with Gasteiger partial charge < -0.3 is 4.74 Å². The van der Waals surface area contributed by atoms with Crippen molar-refractivity contribution in [1.82, 2.24) is 0 Å². The number of Topliss-reactive ketones (excluding diaryl/α,β-unsaturated/α-hetero) is 1. The van der Waals surface area contributed by atoms with E-state index in [0.717, 1.165) is 10.0 Å². The van der Waals surface area contributed by atoms with Crippen LogP contribution in [-0.2, 0) is 9.53 Å². The highest BCUT2D eigenvalue weighted by Crippen LogP contribution is 2.22. The molecule has 0 amide bonds. The van der Waals surface area contributed by atoms with Gasteiger partial charge in [-0.2, -0.15) is 0 Å². The number of carbonyl (C=O) groups excluding carboxylic acids is 2. The zero-order valence-electron chi connectivity index (χ0n) is 10.3. The SMILES string of the molecule is CC(=O)OC(C)(C)C(=O)c1ccc(Br)c(C)c1. The summed E-state index contributed by atoms with van der Waals surface area (Å²) in [5, 5.41) is 0.